The van der Waals surface area contributed by atoms with Gasteiger partial charge in [0.25, 0.3) is 5.91 Å². The molecule has 5 nitrogen and oxygen atoms in total. The predicted molar refractivity (Wildman–Crippen MR) is 102 cm³/mol. The quantitative estimate of drug-likeness (QED) is 0.809. The van der Waals surface area contributed by atoms with E-state index in [2.05, 4.69) is 5.32 Å². The van der Waals surface area contributed by atoms with E-state index >= 15 is 0 Å². The number of rotatable bonds is 7. The average molecular weight is 375 g/mol. The van der Waals surface area contributed by atoms with E-state index in [1.807, 2.05) is 43.3 Å². The number of carbonyl (C=O) groups is 2. The van der Waals surface area contributed by atoms with Gasteiger partial charge in [0, 0.05) is 18.6 Å². The number of halogens is 1. The van der Waals surface area contributed by atoms with E-state index in [9.17, 15) is 9.59 Å². The zero-order chi connectivity index (χ0) is 19.1. The molecule has 0 bridgehead atoms. The van der Waals surface area contributed by atoms with Crippen molar-refractivity contribution in [1.29, 1.82) is 0 Å². The summed E-state index contributed by atoms with van der Waals surface area (Å²) in [5.74, 6) is 0.155. The van der Waals surface area contributed by atoms with Gasteiger partial charge < -0.3 is 15.0 Å². The number of nitrogens with one attached hydrogen (secondary N) is 1. The van der Waals surface area contributed by atoms with E-state index < -0.39 is 6.04 Å². The number of amides is 2. The van der Waals surface area contributed by atoms with Crippen LogP contribution in [0.1, 0.15) is 18.1 Å². The Morgan fingerprint density at radius 2 is 1.81 bits per heavy atom. The van der Waals surface area contributed by atoms with E-state index in [4.69, 9.17) is 16.3 Å². The molecule has 0 aromatic heterocycles. The molecule has 1 atom stereocenters. The van der Waals surface area contributed by atoms with Crippen molar-refractivity contribution in [3.8, 4) is 5.75 Å². The Kier molecular flexibility index (Phi) is 7.04. The van der Waals surface area contributed by atoms with Gasteiger partial charge in [0.05, 0.1) is 0 Å². The third kappa shape index (κ3) is 5.23. The van der Waals surface area contributed by atoms with Crippen molar-refractivity contribution in [2.24, 2.45) is 0 Å². The smallest absolute Gasteiger partial charge is 0.261 e. The van der Waals surface area contributed by atoms with Crippen molar-refractivity contribution in [1.82, 2.24) is 10.2 Å². The number of hydrogen-bond donors (Lipinski definition) is 1. The lowest BCUT2D eigenvalue weighted by Gasteiger charge is -2.28. The summed E-state index contributed by atoms with van der Waals surface area (Å²) in [7, 11) is 1.55. The van der Waals surface area contributed by atoms with E-state index in [1.54, 1.807) is 26.1 Å². The summed E-state index contributed by atoms with van der Waals surface area (Å²) in [6, 6.07) is 14.1. The molecule has 0 aliphatic heterocycles. The van der Waals surface area contributed by atoms with E-state index in [-0.39, 0.29) is 18.4 Å². The summed E-state index contributed by atoms with van der Waals surface area (Å²) in [5.41, 5.74) is 1.83. The van der Waals surface area contributed by atoms with E-state index in [1.165, 1.54) is 4.90 Å². The standard InChI is InChI=1S/C20H23ClN2O3/c1-14-6-4-5-7-18(14)26-13-19(24)23(15(2)20(25)22-3)12-16-8-10-17(21)11-9-16/h4-11,15H,12-13H2,1-3H3,(H,22,25)/t15-/m1/s1. The fourth-order valence-corrected chi connectivity index (χ4v) is 2.64. The Labute approximate surface area is 158 Å². The van der Waals surface area contributed by atoms with Crippen molar-refractivity contribution in [2.75, 3.05) is 13.7 Å². The molecule has 0 aliphatic rings. The largest absolute Gasteiger partial charge is 0.484 e. The maximum absolute atomic E-state index is 12.8. The van der Waals surface area contributed by atoms with Crippen molar-refractivity contribution >= 4 is 23.4 Å². The third-order valence-electron chi connectivity index (χ3n) is 4.12. The Morgan fingerprint density at radius 1 is 1.15 bits per heavy atom. The molecule has 2 rings (SSSR count). The van der Waals surface area contributed by atoms with Crippen LogP contribution in [0.4, 0.5) is 0 Å². The number of hydrogen-bond acceptors (Lipinski definition) is 3. The van der Waals surface area contributed by atoms with E-state index in [0.717, 1.165) is 11.1 Å². The molecule has 0 saturated carbocycles. The number of ether oxygens (including phenoxy) is 1. The van der Waals surface area contributed by atoms with Crippen LogP contribution in [0.3, 0.4) is 0 Å². The topological polar surface area (TPSA) is 58.6 Å². The molecule has 1 N–H and O–H groups in total. The fraction of sp³-hybridized carbons (Fsp3) is 0.300. The molecule has 0 spiro atoms. The Hall–Kier alpha value is -2.53. The second-order valence-corrected chi connectivity index (χ2v) is 6.43. The van der Waals surface area contributed by atoms with Gasteiger partial charge in [-0.25, -0.2) is 0 Å². The maximum Gasteiger partial charge on any atom is 0.261 e. The summed E-state index contributed by atoms with van der Waals surface area (Å²) in [4.78, 5) is 26.3. The zero-order valence-electron chi connectivity index (χ0n) is 15.2. The normalized spacial score (nSPS) is 11.5. The maximum atomic E-state index is 12.8. The molecule has 2 aromatic carbocycles. The lowest BCUT2D eigenvalue weighted by atomic mass is 10.1. The highest BCUT2D eigenvalue weighted by Crippen LogP contribution is 2.17. The van der Waals surface area contributed by atoms with Crippen LogP contribution >= 0.6 is 11.6 Å². The van der Waals surface area contributed by atoms with Gasteiger partial charge in [0.1, 0.15) is 11.8 Å². The van der Waals surface area contributed by atoms with Crippen LogP contribution in [0, 0.1) is 6.92 Å². The lowest BCUT2D eigenvalue weighted by molar-refractivity contribution is -0.142. The minimum Gasteiger partial charge on any atom is -0.484 e. The van der Waals surface area contributed by atoms with Crippen LogP contribution < -0.4 is 10.1 Å². The number of likely N-dealkylation sites (N-methyl/N-ethyl adjacent to an activating group) is 1. The molecule has 6 heteroatoms. The van der Waals surface area contributed by atoms with Crippen LogP contribution in [-0.4, -0.2) is 36.4 Å². The number of para-hydroxylation sites is 1. The predicted octanol–water partition coefficient (Wildman–Crippen LogP) is 3.19. The molecule has 0 unspecified atom stereocenters. The molecule has 0 fully saturated rings. The van der Waals surface area contributed by atoms with Gasteiger partial charge in [-0.05, 0) is 43.2 Å². The second-order valence-electron chi connectivity index (χ2n) is 5.99. The summed E-state index contributed by atoms with van der Waals surface area (Å²) < 4.78 is 5.66. The van der Waals surface area contributed by atoms with Crippen LogP contribution in [0.2, 0.25) is 5.02 Å². The first kappa shape index (κ1) is 19.8. The number of nitrogens with zero attached hydrogens (tertiary/aromatic N) is 1. The lowest BCUT2D eigenvalue weighted by Crippen LogP contribution is -2.48. The van der Waals surface area contributed by atoms with Gasteiger partial charge in [-0.3, -0.25) is 9.59 Å². The molecule has 0 heterocycles. The summed E-state index contributed by atoms with van der Waals surface area (Å²) in [6.07, 6.45) is 0. The van der Waals surface area contributed by atoms with Crippen molar-refractivity contribution in [3.63, 3.8) is 0 Å². The van der Waals surface area contributed by atoms with Gasteiger partial charge in [0.15, 0.2) is 6.61 Å². The van der Waals surface area contributed by atoms with Crippen LogP contribution in [0.5, 0.6) is 5.75 Å². The first-order valence-corrected chi connectivity index (χ1v) is 8.74. The average Bonchev–Trinajstić information content (AvgIpc) is 2.65. The molecule has 2 amide bonds. The highest BCUT2D eigenvalue weighted by atomic mass is 35.5. The van der Waals surface area contributed by atoms with Gasteiger partial charge in [-0.15, -0.1) is 0 Å². The molecular formula is C20H23ClN2O3. The Bertz CT molecular complexity index is 762. The Morgan fingerprint density at radius 3 is 2.42 bits per heavy atom. The first-order chi connectivity index (χ1) is 12.4. The Balaban J connectivity index is 2.13. The molecule has 2 aromatic rings. The number of benzene rings is 2. The summed E-state index contributed by atoms with van der Waals surface area (Å²) in [5, 5.41) is 3.20. The minimum atomic E-state index is -0.622. The second kappa shape index (κ2) is 9.25. The molecule has 0 saturated heterocycles. The number of carbonyl (C=O) groups excluding carboxylic acids is 2. The van der Waals surface area contributed by atoms with Gasteiger partial charge in [-0.1, -0.05) is 41.9 Å². The minimum absolute atomic E-state index is 0.139. The van der Waals surface area contributed by atoms with Gasteiger partial charge in [-0.2, -0.15) is 0 Å². The summed E-state index contributed by atoms with van der Waals surface area (Å²) >= 11 is 5.91. The molecule has 0 radical (unpaired) electrons. The zero-order valence-corrected chi connectivity index (χ0v) is 15.9. The number of aryl methyl sites for hydroxylation is 1. The van der Waals surface area contributed by atoms with Crippen LogP contribution in [0.15, 0.2) is 48.5 Å². The van der Waals surface area contributed by atoms with E-state index in [0.29, 0.717) is 17.3 Å². The third-order valence-corrected chi connectivity index (χ3v) is 4.38. The van der Waals surface area contributed by atoms with Crippen LogP contribution in [-0.2, 0) is 16.1 Å². The molecule has 0 aliphatic carbocycles. The SMILES string of the molecule is CNC(=O)[C@@H](C)N(Cc1ccc(Cl)cc1)C(=O)COc1ccccc1C. The first-order valence-electron chi connectivity index (χ1n) is 8.36. The van der Waals surface area contributed by atoms with Crippen LogP contribution in [0.25, 0.3) is 0 Å². The van der Waals surface area contributed by atoms with Crippen molar-refractivity contribution in [3.05, 3.63) is 64.7 Å². The van der Waals surface area contributed by atoms with Gasteiger partial charge >= 0.3 is 0 Å². The molecular weight excluding hydrogens is 352 g/mol. The molecule has 26 heavy (non-hydrogen) atoms. The van der Waals surface area contributed by atoms with Crippen molar-refractivity contribution in [2.45, 2.75) is 26.4 Å². The van der Waals surface area contributed by atoms with Crippen molar-refractivity contribution < 1.29 is 14.3 Å². The fourth-order valence-electron chi connectivity index (χ4n) is 2.52. The highest BCUT2D eigenvalue weighted by molar-refractivity contribution is 6.30. The monoisotopic (exact) mass is 374 g/mol. The molecule has 138 valence electrons. The van der Waals surface area contributed by atoms with Gasteiger partial charge in [0.2, 0.25) is 5.91 Å². The highest BCUT2D eigenvalue weighted by Gasteiger charge is 2.25. The summed E-state index contributed by atoms with van der Waals surface area (Å²) in [6.45, 7) is 3.76.